The van der Waals surface area contributed by atoms with Crippen molar-refractivity contribution in [2.24, 2.45) is 11.7 Å². The summed E-state index contributed by atoms with van der Waals surface area (Å²) < 4.78 is 1.40. The zero-order valence-corrected chi connectivity index (χ0v) is 14.2. The molecule has 0 aliphatic carbocycles. The van der Waals surface area contributed by atoms with Gasteiger partial charge in [-0.25, -0.2) is 4.98 Å². The highest BCUT2D eigenvalue weighted by Gasteiger charge is 2.29. The van der Waals surface area contributed by atoms with Crippen molar-refractivity contribution >= 4 is 16.8 Å². The maximum atomic E-state index is 12.7. The first kappa shape index (κ1) is 16.6. The molecule has 24 heavy (non-hydrogen) atoms. The summed E-state index contributed by atoms with van der Waals surface area (Å²) >= 11 is 0. The molecule has 2 aromatic rings. The van der Waals surface area contributed by atoms with Crippen LogP contribution in [0.25, 0.3) is 10.9 Å². The van der Waals surface area contributed by atoms with Gasteiger partial charge >= 0.3 is 0 Å². The van der Waals surface area contributed by atoms with Gasteiger partial charge in [0.2, 0.25) is 5.91 Å². The van der Waals surface area contributed by atoms with Crippen LogP contribution in [0, 0.1) is 12.8 Å². The minimum Gasteiger partial charge on any atom is -0.337 e. The highest BCUT2D eigenvalue weighted by molar-refractivity contribution is 5.81. The van der Waals surface area contributed by atoms with Crippen molar-refractivity contribution in [3.63, 3.8) is 0 Å². The Bertz CT molecular complexity index is 814. The molecule has 6 nitrogen and oxygen atoms in total. The van der Waals surface area contributed by atoms with Crippen molar-refractivity contribution in [3.8, 4) is 0 Å². The van der Waals surface area contributed by atoms with E-state index in [4.69, 9.17) is 5.73 Å². The first-order valence-corrected chi connectivity index (χ1v) is 8.45. The third-order valence-electron chi connectivity index (χ3n) is 4.93. The van der Waals surface area contributed by atoms with E-state index in [1.807, 2.05) is 24.0 Å². The van der Waals surface area contributed by atoms with Crippen molar-refractivity contribution in [1.29, 1.82) is 0 Å². The predicted molar refractivity (Wildman–Crippen MR) is 93.7 cm³/mol. The molecule has 0 spiro atoms. The molecule has 128 valence electrons. The molecule has 0 radical (unpaired) electrons. The molecule has 6 heteroatoms. The number of benzene rings is 1. The van der Waals surface area contributed by atoms with Crippen LogP contribution in [0.3, 0.4) is 0 Å². The van der Waals surface area contributed by atoms with E-state index in [-0.39, 0.29) is 24.1 Å². The van der Waals surface area contributed by atoms with Gasteiger partial charge in [-0.2, -0.15) is 0 Å². The Balaban J connectivity index is 1.86. The smallest absolute Gasteiger partial charge is 0.261 e. The number of amides is 1. The van der Waals surface area contributed by atoms with Crippen LogP contribution in [-0.4, -0.2) is 39.5 Å². The van der Waals surface area contributed by atoms with Gasteiger partial charge in [0.15, 0.2) is 0 Å². The summed E-state index contributed by atoms with van der Waals surface area (Å²) in [6.45, 7) is 5.28. The molecule has 0 saturated carbocycles. The van der Waals surface area contributed by atoms with E-state index in [0.29, 0.717) is 29.9 Å². The molecule has 2 heterocycles. The molecular formula is C18H24N4O2. The molecular weight excluding hydrogens is 304 g/mol. The lowest BCUT2D eigenvalue weighted by atomic mass is 9.92. The minimum atomic E-state index is -0.174. The number of nitrogens with two attached hydrogens (primary N) is 1. The average Bonchev–Trinajstić information content (AvgIpc) is 2.57. The largest absolute Gasteiger partial charge is 0.337 e. The Morgan fingerprint density at radius 3 is 2.96 bits per heavy atom. The summed E-state index contributed by atoms with van der Waals surface area (Å²) in [7, 11) is 0. The molecule has 1 saturated heterocycles. The lowest BCUT2D eigenvalue weighted by Crippen LogP contribution is -2.50. The van der Waals surface area contributed by atoms with E-state index >= 15 is 0 Å². The standard InChI is InChI=1S/C18H24N4O2/c1-12-6-7-22(14(8-12)9-19)16(23)10-21-11-20-17-13(2)4-3-5-15(17)18(21)24/h3-5,11-12,14H,6-10,19H2,1-2H3. The van der Waals surface area contributed by atoms with Crippen molar-refractivity contribution in [1.82, 2.24) is 14.5 Å². The van der Waals surface area contributed by atoms with Gasteiger partial charge in [0.1, 0.15) is 6.54 Å². The summed E-state index contributed by atoms with van der Waals surface area (Å²) in [5, 5.41) is 0.549. The van der Waals surface area contributed by atoms with E-state index in [9.17, 15) is 9.59 Å². The summed E-state index contributed by atoms with van der Waals surface area (Å²) in [4.78, 5) is 31.5. The Hall–Kier alpha value is -2.21. The fourth-order valence-corrected chi connectivity index (χ4v) is 3.49. The van der Waals surface area contributed by atoms with Crippen LogP contribution in [0.2, 0.25) is 0 Å². The molecule has 1 aliphatic heterocycles. The maximum absolute atomic E-state index is 12.7. The van der Waals surface area contributed by atoms with E-state index in [2.05, 4.69) is 11.9 Å². The molecule has 2 atom stereocenters. The second-order valence-corrected chi connectivity index (χ2v) is 6.75. The minimum absolute atomic E-state index is 0.0145. The Morgan fingerprint density at radius 2 is 2.21 bits per heavy atom. The third-order valence-corrected chi connectivity index (χ3v) is 4.93. The van der Waals surface area contributed by atoms with Gasteiger partial charge < -0.3 is 10.6 Å². The van der Waals surface area contributed by atoms with Crippen LogP contribution in [0.1, 0.15) is 25.3 Å². The molecule has 2 N–H and O–H groups in total. The number of hydrogen-bond donors (Lipinski definition) is 1. The number of para-hydroxylation sites is 1. The highest BCUT2D eigenvalue weighted by atomic mass is 16.2. The molecule has 1 aliphatic rings. The Labute approximate surface area is 141 Å². The number of aromatic nitrogens is 2. The average molecular weight is 328 g/mol. The Morgan fingerprint density at radius 1 is 1.42 bits per heavy atom. The first-order valence-electron chi connectivity index (χ1n) is 8.45. The molecule has 3 rings (SSSR count). The normalized spacial score (nSPS) is 21.2. The number of carbonyl (C=O) groups excluding carboxylic acids is 1. The molecule has 1 fully saturated rings. The van der Waals surface area contributed by atoms with Crippen LogP contribution in [-0.2, 0) is 11.3 Å². The molecule has 1 amide bonds. The number of piperidine rings is 1. The molecule has 1 aromatic carbocycles. The van der Waals surface area contributed by atoms with E-state index in [1.54, 1.807) is 6.07 Å². The van der Waals surface area contributed by atoms with Crippen molar-refractivity contribution in [2.45, 2.75) is 39.3 Å². The second kappa shape index (κ2) is 6.73. The molecule has 1 aromatic heterocycles. The lowest BCUT2D eigenvalue weighted by molar-refractivity contribution is -0.136. The number of carbonyl (C=O) groups is 1. The van der Waals surface area contributed by atoms with Crippen LogP contribution >= 0.6 is 0 Å². The summed E-state index contributed by atoms with van der Waals surface area (Å²) in [6, 6.07) is 5.57. The van der Waals surface area contributed by atoms with E-state index in [1.165, 1.54) is 10.9 Å². The predicted octanol–water partition coefficient (Wildman–Crippen LogP) is 1.29. The van der Waals surface area contributed by atoms with E-state index in [0.717, 1.165) is 18.4 Å². The topological polar surface area (TPSA) is 81.2 Å². The zero-order chi connectivity index (χ0) is 17.3. The van der Waals surface area contributed by atoms with Gasteiger partial charge in [-0.15, -0.1) is 0 Å². The van der Waals surface area contributed by atoms with Crippen LogP contribution in [0.15, 0.2) is 29.3 Å². The van der Waals surface area contributed by atoms with Crippen molar-refractivity contribution in [3.05, 3.63) is 40.4 Å². The van der Waals surface area contributed by atoms with Gasteiger partial charge in [-0.05, 0) is 37.3 Å². The SMILES string of the molecule is Cc1cccc2c(=O)n(CC(=O)N3CCC(C)CC3CN)cnc12. The number of nitrogens with zero attached hydrogens (tertiary/aromatic N) is 3. The number of fused-ring (bicyclic) bond motifs is 1. The van der Waals surface area contributed by atoms with Crippen LogP contribution < -0.4 is 11.3 Å². The number of aryl methyl sites for hydroxylation is 1. The van der Waals surface area contributed by atoms with Gasteiger partial charge in [-0.1, -0.05) is 19.1 Å². The van der Waals surface area contributed by atoms with E-state index < -0.39 is 0 Å². The van der Waals surface area contributed by atoms with Crippen LogP contribution in [0.4, 0.5) is 0 Å². The van der Waals surface area contributed by atoms with Gasteiger partial charge in [0, 0.05) is 19.1 Å². The number of likely N-dealkylation sites (tertiary alicyclic amines) is 1. The highest BCUT2D eigenvalue weighted by Crippen LogP contribution is 2.22. The number of hydrogen-bond acceptors (Lipinski definition) is 4. The fourth-order valence-electron chi connectivity index (χ4n) is 3.49. The lowest BCUT2D eigenvalue weighted by Gasteiger charge is -2.38. The molecule has 2 unspecified atom stereocenters. The number of rotatable bonds is 3. The Kier molecular flexibility index (Phi) is 4.66. The maximum Gasteiger partial charge on any atom is 0.261 e. The quantitative estimate of drug-likeness (QED) is 0.920. The third kappa shape index (κ3) is 3.06. The van der Waals surface area contributed by atoms with Gasteiger partial charge in [0.25, 0.3) is 5.56 Å². The summed E-state index contributed by atoms with van der Waals surface area (Å²) in [5.41, 5.74) is 7.31. The van der Waals surface area contributed by atoms with Gasteiger partial charge in [-0.3, -0.25) is 14.2 Å². The monoisotopic (exact) mass is 328 g/mol. The van der Waals surface area contributed by atoms with Crippen LogP contribution in [0.5, 0.6) is 0 Å². The fraction of sp³-hybridized carbons (Fsp3) is 0.500. The van der Waals surface area contributed by atoms with Gasteiger partial charge in [0.05, 0.1) is 17.2 Å². The van der Waals surface area contributed by atoms with Crippen molar-refractivity contribution < 1.29 is 4.79 Å². The first-order chi connectivity index (χ1) is 11.5. The van der Waals surface area contributed by atoms with Crippen molar-refractivity contribution in [2.75, 3.05) is 13.1 Å². The summed E-state index contributed by atoms with van der Waals surface area (Å²) in [6.07, 6.45) is 3.37. The summed E-state index contributed by atoms with van der Waals surface area (Å²) in [5.74, 6) is 0.517. The molecule has 0 bridgehead atoms. The second-order valence-electron chi connectivity index (χ2n) is 6.75. The zero-order valence-electron chi connectivity index (χ0n) is 14.2.